The number of hydrogen-bond acceptors (Lipinski definition) is 3. The first-order chi connectivity index (χ1) is 11.4. The summed E-state index contributed by atoms with van der Waals surface area (Å²) in [6.07, 6.45) is 0. The average molecular weight is 407 g/mol. The van der Waals surface area contributed by atoms with E-state index >= 15 is 0 Å². The molecule has 126 valence electrons. The van der Waals surface area contributed by atoms with Crippen molar-refractivity contribution in [1.29, 1.82) is 0 Å². The van der Waals surface area contributed by atoms with Gasteiger partial charge in [-0.3, -0.25) is 9.59 Å². The molecule has 0 heterocycles. The summed E-state index contributed by atoms with van der Waals surface area (Å²) in [6, 6.07) is 15.0. The predicted octanol–water partition coefficient (Wildman–Crippen LogP) is 4.46. The maximum atomic E-state index is 12.1. The number of rotatable bonds is 6. The SMILES string of the molecule is Cc1ccc(NC(=O)CSC(C)C(=O)Nc2ccc(Br)cc2)cc1. The fourth-order valence-corrected chi connectivity index (χ4v) is 2.84. The third-order valence-corrected chi connectivity index (χ3v) is 4.95. The van der Waals surface area contributed by atoms with Crippen LogP contribution in [0.1, 0.15) is 12.5 Å². The number of amides is 2. The van der Waals surface area contributed by atoms with Gasteiger partial charge in [-0.05, 0) is 50.2 Å². The number of benzene rings is 2. The molecule has 0 saturated heterocycles. The van der Waals surface area contributed by atoms with Crippen molar-refractivity contribution >= 4 is 50.9 Å². The highest BCUT2D eigenvalue weighted by molar-refractivity contribution is 9.10. The van der Waals surface area contributed by atoms with Crippen LogP contribution in [0.15, 0.2) is 53.0 Å². The summed E-state index contributed by atoms with van der Waals surface area (Å²) in [4.78, 5) is 24.1. The smallest absolute Gasteiger partial charge is 0.237 e. The van der Waals surface area contributed by atoms with Crippen LogP contribution in [-0.4, -0.2) is 22.8 Å². The van der Waals surface area contributed by atoms with E-state index in [4.69, 9.17) is 0 Å². The summed E-state index contributed by atoms with van der Waals surface area (Å²) in [6.45, 7) is 3.78. The Bertz CT molecular complexity index is 702. The molecule has 0 saturated carbocycles. The molecule has 6 heteroatoms. The molecule has 0 spiro atoms. The fourth-order valence-electron chi connectivity index (χ4n) is 1.89. The molecule has 2 amide bonds. The van der Waals surface area contributed by atoms with E-state index in [1.54, 1.807) is 6.92 Å². The lowest BCUT2D eigenvalue weighted by atomic mass is 10.2. The third kappa shape index (κ3) is 6.02. The second kappa shape index (κ2) is 8.89. The Labute approximate surface area is 154 Å². The Balaban J connectivity index is 1.77. The number of anilines is 2. The average Bonchev–Trinajstić information content (AvgIpc) is 2.57. The summed E-state index contributed by atoms with van der Waals surface area (Å²) in [7, 11) is 0. The van der Waals surface area contributed by atoms with Gasteiger partial charge in [0.25, 0.3) is 0 Å². The van der Waals surface area contributed by atoms with Crippen molar-refractivity contribution in [2.24, 2.45) is 0 Å². The Morgan fingerprint density at radius 2 is 1.54 bits per heavy atom. The number of aryl methyl sites for hydroxylation is 1. The second-order valence-corrected chi connectivity index (χ2v) is 7.61. The van der Waals surface area contributed by atoms with E-state index in [9.17, 15) is 9.59 Å². The summed E-state index contributed by atoms with van der Waals surface area (Å²) in [5.41, 5.74) is 2.64. The van der Waals surface area contributed by atoms with Crippen molar-refractivity contribution in [3.63, 3.8) is 0 Å². The number of thioether (sulfide) groups is 1. The number of carbonyl (C=O) groups is 2. The van der Waals surface area contributed by atoms with Gasteiger partial charge in [0.05, 0.1) is 11.0 Å². The van der Waals surface area contributed by atoms with Gasteiger partial charge < -0.3 is 10.6 Å². The Hall–Kier alpha value is -1.79. The van der Waals surface area contributed by atoms with E-state index in [1.807, 2.05) is 55.5 Å². The van der Waals surface area contributed by atoms with Gasteiger partial charge in [0.2, 0.25) is 11.8 Å². The Morgan fingerprint density at radius 1 is 1.00 bits per heavy atom. The second-order valence-electron chi connectivity index (χ2n) is 5.36. The summed E-state index contributed by atoms with van der Waals surface area (Å²) in [5.74, 6) is -0.0133. The van der Waals surface area contributed by atoms with Crippen molar-refractivity contribution < 1.29 is 9.59 Å². The summed E-state index contributed by atoms with van der Waals surface area (Å²) in [5, 5.41) is 5.34. The molecular formula is C18H19BrN2O2S. The lowest BCUT2D eigenvalue weighted by Gasteiger charge is -2.12. The van der Waals surface area contributed by atoms with Gasteiger partial charge in [0.15, 0.2) is 0 Å². The molecule has 0 fully saturated rings. The van der Waals surface area contributed by atoms with Crippen LogP contribution in [0.3, 0.4) is 0 Å². The highest BCUT2D eigenvalue weighted by Gasteiger charge is 2.15. The predicted molar refractivity (Wildman–Crippen MR) is 105 cm³/mol. The number of hydrogen-bond donors (Lipinski definition) is 2. The molecule has 0 aliphatic heterocycles. The van der Waals surface area contributed by atoms with Crippen LogP contribution in [0.4, 0.5) is 11.4 Å². The van der Waals surface area contributed by atoms with E-state index in [-0.39, 0.29) is 22.8 Å². The van der Waals surface area contributed by atoms with Crippen LogP contribution < -0.4 is 10.6 Å². The van der Waals surface area contributed by atoms with Crippen molar-refractivity contribution in [1.82, 2.24) is 0 Å². The molecule has 24 heavy (non-hydrogen) atoms. The Kier molecular flexibility index (Phi) is 6.87. The van der Waals surface area contributed by atoms with Gasteiger partial charge in [-0.2, -0.15) is 0 Å². The molecular weight excluding hydrogens is 388 g/mol. The first kappa shape index (κ1) is 18.5. The molecule has 0 bridgehead atoms. The van der Waals surface area contributed by atoms with E-state index in [0.29, 0.717) is 0 Å². The molecule has 1 atom stereocenters. The lowest BCUT2D eigenvalue weighted by Crippen LogP contribution is -2.25. The van der Waals surface area contributed by atoms with Crippen LogP contribution in [0.25, 0.3) is 0 Å². The van der Waals surface area contributed by atoms with Crippen LogP contribution in [0.2, 0.25) is 0 Å². The van der Waals surface area contributed by atoms with Crippen LogP contribution in [0.5, 0.6) is 0 Å². The van der Waals surface area contributed by atoms with E-state index in [1.165, 1.54) is 11.8 Å². The van der Waals surface area contributed by atoms with Crippen molar-refractivity contribution in [2.75, 3.05) is 16.4 Å². The molecule has 2 rings (SSSR count). The molecule has 0 aromatic heterocycles. The van der Waals surface area contributed by atoms with Gasteiger partial charge in [-0.1, -0.05) is 33.6 Å². The molecule has 2 N–H and O–H groups in total. The lowest BCUT2D eigenvalue weighted by molar-refractivity contribution is -0.115. The first-order valence-corrected chi connectivity index (χ1v) is 9.33. The van der Waals surface area contributed by atoms with Gasteiger partial charge in [0, 0.05) is 15.8 Å². The van der Waals surface area contributed by atoms with Crippen molar-refractivity contribution in [3.05, 3.63) is 58.6 Å². The van der Waals surface area contributed by atoms with E-state index in [2.05, 4.69) is 26.6 Å². The van der Waals surface area contributed by atoms with Crippen LogP contribution in [0, 0.1) is 6.92 Å². The zero-order valence-corrected chi connectivity index (χ0v) is 15.9. The van der Waals surface area contributed by atoms with Gasteiger partial charge in [0.1, 0.15) is 0 Å². The van der Waals surface area contributed by atoms with Crippen LogP contribution in [-0.2, 0) is 9.59 Å². The fraction of sp³-hybridized carbons (Fsp3) is 0.222. The number of nitrogens with one attached hydrogen (secondary N) is 2. The molecule has 1 unspecified atom stereocenters. The third-order valence-electron chi connectivity index (χ3n) is 3.28. The minimum Gasteiger partial charge on any atom is -0.325 e. The maximum Gasteiger partial charge on any atom is 0.237 e. The summed E-state index contributed by atoms with van der Waals surface area (Å²) < 4.78 is 0.954. The van der Waals surface area contributed by atoms with E-state index in [0.717, 1.165) is 21.4 Å². The summed E-state index contributed by atoms with van der Waals surface area (Å²) >= 11 is 4.66. The standard InChI is InChI=1S/C18H19BrN2O2S/c1-12-3-7-15(8-4-12)20-17(22)11-24-13(2)18(23)21-16-9-5-14(19)6-10-16/h3-10,13H,11H2,1-2H3,(H,20,22)(H,21,23). The minimum absolute atomic E-state index is 0.118. The highest BCUT2D eigenvalue weighted by atomic mass is 79.9. The number of halogens is 1. The first-order valence-electron chi connectivity index (χ1n) is 7.48. The van der Waals surface area contributed by atoms with Gasteiger partial charge >= 0.3 is 0 Å². The Morgan fingerprint density at radius 3 is 2.17 bits per heavy atom. The molecule has 0 radical (unpaired) electrons. The molecule has 0 aliphatic carbocycles. The minimum atomic E-state index is -0.322. The zero-order valence-electron chi connectivity index (χ0n) is 13.5. The van der Waals surface area contributed by atoms with Crippen LogP contribution >= 0.6 is 27.7 Å². The van der Waals surface area contributed by atoms with Crippen molar-refractivity contribution in [3.8, 4) is 0 Å². The molecule has 0 aliphatic rings. The topological polar surface area (TPSA) is 58.2 Å². The monoisotopic (exact) mass is 406 g/mol. The molecule has 2 aromatic carbocycles. The van der Waals surface area contributed by atoms with Gasteiger partial charge in [-0.25, -0.2) is 0 Å². The highest BCUT2D eigenvalue weighted by Crippen LogP contribution is 2.17. The number of carbonyl (C=O) groups excluding carboxylic acids is 2. The maximum absolute atomic E-state index is 12.1. The normalized spacial score (nSPS) is 11.6. The molecule has 2 aromatic rings. The van der Waals surface area contributed by atoms with E-state index < -0.39 is 0 Å². The quantitative estimate of drug-likeness (QED) is 0.744. The molecule has 4 nitrogen and oxygen atoms in total. The van der Waals surface area contributed by atoms with Gasteiger partial charge in [-0.15, -0.1) is 11.8 Å². The zero-order chi connectivity index (χ0) is 17.5. The largest absolute Gasteiger partial charge is 0.325 e. The van der Waals surface area contributed by atoms with Crippen molar-refractivity contribution in [2.45, 2.75) is 19.1 Å².